The fourth-order valence-electron chi connectivity index (χ4n) is 2.76. The standard InChI is InChI=1S/C14H16N6S/c1-2-9-7-13(20-12(17-9)3-5-16-20)19-6-4-10-11(8-19)21-14(15)18-10/h3,5,7H,2,4,6,8H2,1H3,(H2,15,18). The Balaban J connectivity index is 1.78. The van der Waals surface area contributed by atoms with Gasteiger partial charge in [-0.15, -0.1) is 11.3 Å². The Kier molecular flexibility index (Phi) is 2.81. The van der Waals surface area contributed by atoms with Crippen molar-refractivity contribution in [3.63, 3.8) is 0 Å². The Morgan fingerprint density at radius 2 is 2.29 bits per heavy atom. The highest BCUT2D eigenvalue weighted by atomic mass is 32.1. The molecule has 0 fully saturated rings. The van der Waals surface area contributed by atoms with Gasteiger partial charge in [0.25, 0.3) is 0 Å². The van der Waals surface area contributed by atoms with E-state index in [1.165, 1.54) is 4.88 Å². The SMILES string of the molecule is CCc1cc(N2CCc3nc(N)sc3C2)n2nccc2n1. The van der Waals surface area contributed by atoms with Crippen LogP contribution in [0.1, 0.15) is 23.2 Å². The van der Waals surface area contributed by atoms with Gasteiger partial charge < -0.3 is 10.6 Å². The van der Waals surface area contributed by atoms with Gasteiger partial charge in [-0.25, -0.2) is 9.97 Å². The van der Waals surface area contributed by atoms with Crippen LogP contribution in [0.4, 0.5) is 10.9 Å². The molecule has 0 saturated heterocycles. The minimum absolute atomic E-state index is 0.662. The molecule has 0 amide bonds. The van der Waals surface area contributed by atoms with E-state index in [9.17, 15) is 0 Å². The summed E-state index contributed by atoms with van der Waals surface area (Å²) in [6, 6.07) is 4.08. The van der Waals surface area contributed by atoms with E-state index in [1.54, 1.807) is 17.5 Å². The first-order chi connectivity index (χ1) is 10.2. The Bertz CT molecular complexity index is 805. The molecule has 1 aliphatic heterocycles. The van der Waals surface area contributed by atoms with Crippen molar-refractivity contribution in [3.05, 3.63) is 34.6 Å². The van der Waals surface area contributed by atoms with Crippen LogP contribution < -0.4 is 10.6 Å². The average molecular weight is 300 g/mol. The van der Waals surface area contributed by atoms with Crippen molar-refractivity contribution < 1.29 is 0 Å². The third-order valence-electron chi connectivity index (χ3n) is 3.83. The Morgan fingerprint density at radius 1 is 1.38 bits per heavy atom. The Labute approximate surface area is 126 Å². The predicted molar refractivity (Wildman–Crippen MR) is 83.6 cm³/mol. The van der Waals surface area contributed by atoms with E-state index >= 15 is 0 Å². The third-order valence-corrected chi connectivity index (χ3v) is 4.74. The van der Waals surface area contributed by atoms with Crippen LogP contribution in [0.2, 0.25) is 0 Å². The van der Waals surface area contributed by atoms with Gasteiger partial charge in [0.15, 0.2) is 10.8 Å². The number of fused-ring (bicyclic) bond motifs is 2. The molecule has 108 valence electrons. The molecule has 3 aromatic rings. The zero-order chi connectivity index (χ0) is 14.4. The molecule has 0 atom stereocenters. The fourth-order valence-corrected chi connectivity index (χ4v) is 3.66. The van der Waals surface area contributed by atoms with Gasteiger partial charge in [-0.1, -0.05) is 6.92 Å². The average Bonchev–Trinajstić information content (AvgIpc) is 3.09. The number of anilines is 2. The second-order valence-electron chi connectivity index (χ2n) is 5.15. The zero-order valence-electron chi connectivity index (χ0n) is 11.8. The smallest absolute Gasteiger partial charge is 0.180 e. The molecular weight excluding hydrogens is 284 g/mol. The minimum atomic E-state index is 0.662. The van der Waals surface area contributed by atoms with Gasteiger partial charge in [0, 0.05) is 35.7 Å². The summed E-state index contributed by atoms with van der Waals surface area (Å²) in [5.41, 5.74) is 8.96. The predicted octanol–water partition coefficient (Wildman–Crippen LogP) is 1.89. The number of hydrogen-bond donors (Lipinski definition) is 1. The summed E-state index contributed by atoms with van der Waals surface area (Å²) in [4.78, 5) is 12.6. The quantitative estimate of drug-likeness (QED) is 0.782. The number of thiazole rings is 1. The van der Waals surface area contributed by atoms with Gasteiger partial charge >= 0.3 is 0 Å². The lowest BCUT2D eigenvalue weighted by molar-refractivity contribution is 0.699. The second kappa shape index (κ2) is 4.70. The van der Waals surface area contributed by atoms with Crippen LogP contribution in [0.25, 0.3) is 5.65 Å². The van der Waals surface area contributed by atoms with Gasteiger partial charge in [-0.05, 0) is 6.42 Å². The van der Waals surface area contributed by atoms with Crippen molar-refractivity contribution >= 4 is 27.9 Å². The van der Waals surface area contributed by atoms with Gasteiger partial charge in [0.1, 0.15) is 5.82 Å². The lowest BCUT2D eigenvalue weighted by Crippen LogP contribution is -2.31. The number of nitrogen functional groups attached to an aromatic ring is 1. The molecule has 7 heteroatoms. The van der Waals surface area contributed by atoms with Gasteiger partial charge in [-0.2, -0.15) is 9.61 Å². The highest BCUT2D eigenvalue weighted by Gasteiger charge is 2.22. The van der Waals surface area contributed by atoms with Crippen molar-refractivity contribution in [2.24, 2.45) is 0 Å². The monoisotopic (exact) mass is 300 g/mol. The molecule has 0 aromatic carbocycles. The van der Waals surface area contributed by atoms with Crippen LogP contribution in [0.15, 0.2) is 18.3 Å². The summed E-state index contributed by atoms with van der Waals surface area (Å²) < 4.78 is 1.91. The normalized spacial score (nSPS) is 14.6. The van der Waals surface area contributed by atoms with Crippen molar-refractivity contribution in [2.45, 2.75) is 26.3 Å². The fraction of sp³-hybridized carbons (Fsp3) is 0.357. The van der Waals surface area contributed by atoms with Gasteiger partial charge in [0.2, 0.25) is 0 Å². The molecule has 1 aliphatic rings. The van der Waals surface area contributed by atoms with E-state index < -0.39 is 0 Å². The van der Waals surface area contributed by atoms with Gasteiger partial charge in [-0.3, -0.25) is 0 Å². The van der Waals surface area contributed by atoms with Crippen LogP contribution in [-0.4, -0.2) is 26.1 Å². The van der Waals surface area contributed by atoms with Crippen LogP contribution in [0, 0.1) is 0 Å². The summed E-state index contributed by atoms with van der Waals surface area (Å²) in [6.07, 6.45) is 3.64. The van der Waals surface area contributed by atoms with E-state index in [0.717, 1.165) is 48.8 Å². The first-order valence-electron chi connectivity index (χ1n) is 7.07. The Morgan fingerprint density at radius 3 is 3.14 bits per heavy atom. The molecule has 0 aliphatic carbocycles. The number of nitrogens with two attached hydrogens (primary N) is 1. The van der Waals surface area contributed by atoms with Crippen molar-refractivity contribution in [3.8, 4) is 0 Å². The number of aromatic nitrogens is 4. The lowest BCUT2D eigenvalue weighted by atomic mass is 10.1. The van der Waals surface area contributed by atoms with E-state index in [1.807, 2.05) is 10.6 Å². The summed E-state index contributed by atoms with van der Waals surface area (Å²) in [5.74, 6) is 1.10. The Hall–Kier alpha value is -2.15. The van der Waals surface area contributed by atoms with Gasteiger partial charge in [0.05, 0.1) is 18.4 Å². The number of rotatable bonds is 2. The lowest BCUT2D eigenvalue weighted by Gasteiger charge is -2.28. The topological polar surface area (TPSA) is 72.3 Å². The molecule has 4 heterocycles. The molecule has 3 aromatic heterocycles. The number of hydrogen-bond acceptors (Lipinski definition) is 6. The summed E-state index contributed by atoms with van der Waals surface area (Å²) in [5, 5.41) is 5.07. The minimum Gasteiger partial charge on any atom is -0.375 e. The highest BCUT2D eigenvalue weighted by molar-refractivity contribution is 7.15. The summed E-state index contributed by atoms with van der Waals surface area (Å²) >= 11 is 1.59. The molecule has 21 heavy (non-hydrogen) atoms. The molecule has 0 spiro atoms. The molecule has 6 nitrogen and oxygen atoms in total. The summed E-state index contributed by atoms with van der Waals surface area (Å²) in [7, 11) is 0. The maximum atomic E-state index is 5.82. The largest absolute Gasteiger partial charge is 0.375 e. The maximum Gasteiger partial charge on any atom is 0.180 e. The third kappa shape index (κ3) is 2.04. The van der Waals surface area contributed by atoms with Crippen LogP contribution in [0.5, 0.6) is 0 Å². The van der Waals surface area contributed by atoms with Crippen LogP contribution in [-0.2, 0) is 19.4 Å². The molecule has 0 bridgehead atoms. The van der Waals surface area contributed by atoms with E-state index in [-0.39, 0.29) is 0 Å². The zero-order valence-corrected chi connectivity index (χ0v) is 12.6. The molecule has 0 saturated carbocycles. The molecule has 4 rings (SSSR count). The van der Waals surface area contributed by atoms with Crippen molar-refractivity contribution in [2.75, 3.05) is 17.2 Å². The number of aryl methyl sites for hydroxylation is 1. The van der Waals surface area contributed by atoms with Crippen molar-refractivity contribution in [1.29, 1.82) is 0 Å². The van der Waals surface area contributed by atoms with Crippen LogP contribution in [0.3, 0.4) is 0 Å². The van der Waals surface area contributed by atoms with E-state index in [4.69, 9.17) is 5.73 Å². The first kappa shape index (κ1) is 12.6. The van der Waals surface area contributed by atoms with E-state index in [0.29, 0.717) is 5.13 Å². The molecule has 0 unspecified atom stereocenters. The molecule has 0 radical (unpaired) electrons. The number of nitrogens with zero attached hydrogens (tertiary/aromatic N) is 5. The van der Waals surface area contributed by atoms with E-state index in [2.05, 4.69) is 33.0 Å². The summed E-state index contributed by atoms with van der Waals surface area (Å²) in [6.45, 7) is 3.89. The second-order valence-corrected chi connectivity index (χ2v) is 6.27. The first-order valence-corrected chi connectivity index (χ1v) is 7.89. The van der Waals surface area contributed by atoms with Crippen LogP contribution >= 0.6 is 11.3 Å². The maximum absolute atomic E-state index is 5.82. The molecular formula is C14H16N6S. The molecule has 2 N–H and O–H groups in total. The highest BCUT2D eigenvalue weighted by Crippen LogP contribution is 2.29. The van der Waals surface area contributed by atoms with Crippen molar-refractivity contribution in [1.82, 2.24) is 19.6 Å².